The molecule has 0 spiro atoms. The Morgan fingerprint density at radius 2 is 2.06 bits per heavy atom. The Morgan fingerprint density at radius 3 is 2.83 bits per heavy atom. The summed E-state index contributed by atoms with van der Waals surface area (Å²) in [7, 11) is 0. The van der Waals surface area contributed by atoms with Crippen LogP contribution in [0.2, 0.25) is 0 Å². The molecule has 0 amide bonds. The molecule has 0 aromatic heterocycles. The monoisotopic (exact) mass is 254 g/mol. The van der Waals surface area contributed by atoms with E-state index in [4.69, 9.17) is 4.74 Å². The summed E-state index contributed by atoms with van der Waals surface area (Å²) in [5.41, 5.74) is 0. The van der Waals surface area contributed by atoms with Crippen LogP contribution in [0.25, 0.3) is 0 Å². The van der Waals surface area contributed by atoms with Crippen molar-refractivity contribution in [3.8, 4) is 0 Å². The number of ether oxygens (including phenoxy) is 1. The van der Waals surface area contributed by atoms with Crippen LogP contribution in [0.1, 0.15) is 45.4 Å². The van der Waals surface area contributed by atoms with Gasteiger partial charge in [-0.1, -0.05) is 39.0 Å². The van der Waals surface area contributed by atoms with Crippen LogP contribution in [0, 0.1) is 5.92 Å². The van der Waals surface area contributed by atoms with Crippen LogP contribution in [0.3, 0.4) is 0 Å². The van der Waals surface area contributed by atoms with Gasteiger partial charge in [-0.05, 0) is 25.4 Å². The van der Waals surface area contributed by atoms with Gasteiger partial charge >= 0.3 is 0 Å². The molecule has 1 N–H and O–H groups in total. The summed E-state index contributed by atoms with van der Waals surface area (Å²) < 4.78 is 5.80. The minimum absolute atomic E-state index is 0.407. The van der Waals surface area contributed by atoms with Gasteiger partial charge in [0.25, 0.3) is 0 Å². The van der Waals surface area contributed by atoms with E-state index in [9.17, 15) is 0 Å². The Balaban J connectivity index is 1.52. The smallest absolute Gasteiger partial charge is 0.0826 e. The van der Waals surface area contributed by atoms with Crippen LogP contribution in [0.5, 0.6) is 0 Å². The first-order valence-corrected chi connectivity index (χ1v) is 7.93. The van der Waals surface area contributed by atoms with Crippen molar-refractivity contribution in [2.45, 2.75) is 51.6 Å². The molecule has 0 aromatic rings. The van der Waals surface area contributed by atoms with E-state index in [1.165, 1.54) is 45.1 Å². The highest BCUT2D eigenvalue weighted by molar-refractivity contribution is 4.73. The topological polar surface area (TPSA) is 24.5 Å². The van der Waals surface area contributed by atoms with E-state index in [-0.39, 0.29) is 0 Å². The van der Waals surface area contributed by atoms with Gasteiger partial charge in [0.15, 0.2) is 0 Å². The van der Waals surface area contributed by atoms with Crippen LogP contribution in [0.15, 0.2) is 0 Å². The molecule has 18 heavy (non-hydrogen) atoms. The molecule has 1 heterocycles. The molecular weight excluding hydrogens is 224 g/mol. The zero-order chi connectivity index (χ0) is 12.6. The Morgan fingerprint density at radius 1 is 1.22 bits per heavy atom. The molecule has 106 valence electrons. The lowest BCUT2D eigenvalue weighted by molar-refractivity contribution is -0.0252. The molecule has 1 aliphatic heterocycles. The third-order valence-electron chi connectivity index (χ3n) is 4.50. The highest BCUT2D eigenvalue weighted by Gasteiger charge is 2.19. The summed E-state index contributed by atoms with van der Waals surface area (Å²) in [6.07, 6.45) is 9.09. The van der Waals surface area contributed by atoms with Gasteiger partial charge in [0, 0.05) is 19.6 Å². The fourth-order valence-corrected chi connectivity index (χ4v) is 3.24. The third-order valence-corrected chi connectivity index (χ3v) is 4.50. The van der Waals surface area contributed by atoms with Crippen LogP contribution in [0.4, 0.5) is 0 Å². The molecule has 2 rings (SSSR count). The van der Waals surface area contributed by atoms with E-state index in [1.54, 1.807) is 0 Å². The normalized spacial score (nSPS) is 27.5. The van der Waals surface area contributed by atoms with E-state index in [0.717, 1.165) is 38.7 Å². The SMILES string of the molecule is CCN1CCOC(CNCCC2CCCCC2)C1. The maximum atomic E-state index is 5.80. The van der Waals surface area contributed by atoms with Gasteiger partial charge in [-0.15, -0.1) is 0 Å². The number of nitrogens with one attached hydrogen (secondary N) is 1. The molecule has 2 fully saturated rings. The first-order chi connectivity index (χ1) is 8.88. The molecular formula is C15H30N2O. The van der Waals surface area contributed by atoms with Crippen LogP contribution in [-0.2, 0) is 4.74 Å². The standard InChI is InChI=1S/C15H30N2O/c1-2-17-10-11-18-15(13-17)12-16-9-8-14-6-4-3-5-7-14/h14-16H,2-13H2,1H3. The second-order valence-electron chi connectivity index (χ2n) is 5.88. The Hall–Kier alpha value is -0.120. The number of rotatable bonds is 6. The lowest BCUT2D eigenvalue weighted by atomic mass is 9.87. The zero-order valence-corrected chi connectivity index (χ0v) is 12.0. The van der Waals surface area contributed by atoms with Gasteiger partial charge in [0.2, 0.25) is 0 Å². The second-order valence-corrected chi connectivity index (χ2v) is 5.88. The molecule has 3 nitrogen and oxygen atoms in total. The minimum Gasteiger partial charge on any atom is -0.374 e. The summed E-state index contributed by atoms with van der Waals surface area (Å²) in [5.74, 6) is 0.991. The van der Waals surface area contributed by atoms with Crippen molar-refractivity contribution in [1.82, 2.24) is 10.2 Å². The summed E-state index contributed by atoms with van der Waals surface area (Å²) >= 11 is 0. The highest BCUT2D eigenvalue weighted by atomic mass is 16.5. The van der Waals surface area contributed by atoms with Crippen LogP contribution < -0.4 is 5.32 Å². The van der Waals surface area contributed by atoms with Crippen LogP contribution in [-0.4, -0.2) is 50.3 Å². The summed E-state index contributed by atoms with van der Waals surface area (Å²) in [6.45, 7) is 8.71. The van der Waals surface area contributed by atoms with Crippen molar-refractivity contribution in [3.05, 3.63) is 0 Å². The van der Waals surface area contributed by atoms with E-state index >= 15 is 0 Å². The number of hydrogen-bond acceptors (Lipinski definition) is 3. The first-order valence-electron chi connectivity index (χ1n) is 7.93. The fraction of sp³-hybridized carbons (Fsp3) is 1.00. The van der Waals surface area contributed by atoms with E-state index in [2.05, 4.69) is 17.1 Å². The second kappa shape index (κ2) is 8.13. The quantitative estimate of drug-likeness (QED) is 0.736. The molecule has 3 heteroatoms. The summed E-state index contributed by atoms with van der Waals surface area (Å²) in [5, 5.41) is 3.60. The molecule has 1 saturated carbocycles. The third kappa shape index (κ3) is 4.87. The van der Waals surface area contributed by atoms with Gasteiger partial charge in [0.05, 0.1) is 12.7 Å². The van der Waals surface area contributed by atoms with Crippen molar-refractivity contribution >= 4 is 0 Å². The average Bonchev–Trinajstić information content (AvgIpc) is 2.45. The Kier molecular flexibility index (Phi) is 6.46. The predicted molar refractivity (Wildman–Crippen MR) is 75.9 cm³/mol. The number of hydrogen-bond donors (Lipinski definition) is 1. The van der Waals surface area contributed by atoms with Gasteiger partial charge in [-0.3, -0.25) is 4.90 Å². The molecule has 0 bridgehead atoms. The van der Waals surface area contributed by atoms with E-state index in [0.29, 0.717) is 6.10 Å². The minimum atomic E-state index is 0.407. The number of nitrogens with zero attached hydrogens (tertiary/aromatic N) is 1. The fourth-order valence-electron chi connectivity index (χ4n) is 3.24. The Labute approximate surface area is 112 Å². The molecule has 1 aliphatic carbocycles. The highest BCUT2D eigenvalue weighted by Crippen LogP contribution is 2.25. The van der Waals surface area contributed by atoms with E-state index < -0.39 is 0 Å². The summed E-state index contributed by atoms with van der Waals surface area (Å²) in [4.78, 5) is 2.48. The number of likely N-dealkylation sites (N-methyl/N-ethyl adjacent to an activating group) is 1. The number of morpholine rings is 1. The van der Waals surface area contributed by atoms with Crippen molar-refractivity contribution in [3.63, 3.8) is 0 Å². The van der Waals surface area contributed by atoms with E-state index in [1.807, 2.05) is 0 Å². The molecule has 1 unspecified atom stereocenters. The van der Waals surface area contributed by atoms with Crippen LogP contribution >= 0.6 is 0 Å². The lowest BCUT2D eigenvalue weighted by Gasteiger charge is -2.32. The lowest BCUT2D eigenvalue weighted by Crippen LogP contribution is -2.46. The maximum absolute atomic E-state index is 5.80. The van der Waals surface area contributed by atoms with Crippen molar-refractivity contribution in [2.75, 3.05) is 39.3 Å². The van der Waals surface area contributed by atoms with Gasteiger partial charge < -0.3 is 10.1 Å². The predicted octanol–water partition coefficient (Wildman–Crippen LogP) is 2.27. The summed E-state index contributed by atoms with van der Waals surface area (Å²) in [6, 6.07) is 0. The molecule has 1 atom stereocenters. The van der Waals surface area contributed by atoms with Crippen molar-refractivity contribution < 1.29 is 4.74 Å². The molecule has 2 aliphatic rings. The molecule has 0 aromatic carbocycles. The van der Waals surface area contributed by atoms with Gasteiger partial charge in [-0.2, -0.15) is 0 Å². The van der Waals surface area contributed by atoms with Crippen molar-refractivity contribution in [1.29, 1.82) is 0 Å². The van der Waals surface area contributed by atoms with Gasteiger partial charge in [0.1, 0.15) is 0 Å². The Bertz CT molecular complexity index is 217. The largest absolute Gasteiger partial charge is 0.374 e. The van der Waals surface area contributed by atoms with Crippen molar-refractivity contribution in [2.24, 2.45) is 5.92 Å². The maximum Gasteiger partial charge on any atom is 0.0826 e. The zero-order valence-electron chi connectivity index (χ0n) is 12.0. The molecule has 1 saturated heterocycles. The first kappa shape index (κ1) is 14.3. The average molecular weight is 254 g/mol. The van der Waals surface area contributed by atoms with Gasteiger partial charge in [-0.25, -0.2) is 0 Å². The molecule has 0 radical (unpaired) electrons.